The van der Waals surface area contributed by atoms with E-state index in [1.165, 1.54) is 19.2 Å². The van der Waals surface area contributed by atoms with Crippen LogP contribution in [0.1, 0.15) is 66.0 Å². The molecule has 190 valence electrons. The minimum absolute atomic E-state index is 0.000896. The van der Waals surface area contributed by atoms with Gasteiger partial charge in [-0.3, -0.25) is 0 Å². The molecule has 0 aliphatic rings. The number of hydrogen-bond donors (Lipinski definition) is 0. The van der Waals surface area contributed by atoms with Gasteiger partial charge in [0.2, 0.25) is 0 Å². The van der Waals surface area contributed by atoms with Gasteiger partial charge < -0.3 is 4.74 Å². The average Bonchev–Trinajstić information content (AvgIpc) is 2.81. The second kappa shape index (κ2) is 10.3. The molecule has 0 amide bonds. The molecule has 0 radical (unpaired) electrons. The fourth-order valence-electron chi connectivity index (χ4n) is 4.19. The Labute approximate surface area is 206 Å². The number of hydrogen-bond acceptors (Lipinski definition) is 2. The van der Waals surface area contributed by atoms with Crippen LogP contribution in [-0.2, 0) is 18.8 Å². The number of benzene rings is 3. The van der Waals surface area contributed by atoms with E-state index in [0.717, 1.165) is 29.8 Å². The summed E-state index contributed by atoms with van der Waals surface area (Å²) < 4.78 is 86.4. The van der Waals surface area contributed by atoms with E-state index in [-0.39, 0.29) is 23.5 Å². The SMILES string of the molecule is COc1ccc(C(C)C)cc1-c1ccc(C(F)(F)F)cc1C(C)Cc1cc(C#N)cc(C(F)(F)F)c1. The van der Waals surface area contributed by atoms with Crippen molar-refractivity contribution in [2.45, 2.75) is 51.4 Å². The van der Waals surface area contributed by atoms with Crippen LogP contribution in [0, 0.1) is 11.3 Å². The van der Waals surface area contributed by atoms with Crippen molar-refractivity contribution >= 4 is 0 Å². The smallest absolute Gasteiger partial charge is 0.416 e. The van der Waals surface area contributed by atoms with Crippen molar-refractivity contribution < 1.29 is 31.1 Å². The molecule has 3 rings (SSSR count). The normalized spacial score (nSPS) is 12.9. The Kier molecular flexibility index (Phi) is 7.73. The highest BCUT2D eigenvalue weighted by Crippen LogP contribution is 2.41. The number of ether oxygens (including phenoxy) is 1. The van der Waals surface area contributed by atoms with Gasteiger partial charge in [0, 0.05) is 5.56 Å². The Morgan fingerprint density at radius 3 is 2.03 bits per heavy atom. The minimum Gasteiger partial charge on any atom is -0.496 e. The number of methoxy groups -OCH3 is 1. The van der Waals surface area contributed by atoms with E-state index in [9.17, 15) is 31.6 Å². The first-order valence-corrected chi connectivity index (χ1v) is 11.2. The van der Waals surface area contributed by atoms with Crippen LogP contribution < -0.4 is 4.74 Å². The number of nitriles is 1. The van der Waals surface area contributed by atoms with Crippen molar-refractivity contribution in [2.75, 3.05) is 7.11 Å². The third-order valence-electron chi connectivity index (χ3n) is 6.08. The Morgan fingerprint density at radius 1 is 0.806 bits per heavy atom. The summed E-state index contributed by atoms with van der Waals surface area (Å²) in [5, 5.41) is 9.19. The van der Waals surface area contributed by atoms with E-state index in [1.807, 2.05) is 26.0 Å². The lowest BCUT2D eigenvalue weighted by Crippen LogP contribution is -2.10. The Morgan fingerprint density at radius 2 is 1.47 bits per heavy atom. The topological polar surface area (TPSA) is 33.0 Å². The molecule has 0 aliphatic carbocycles. The highest BCUT2D eigenvalue weighted by molar-refractivity contribution is 5.75. The van der Waals surface area contributed by atoms with Gasteiger partial charge in [-0.15, -0.1) is 0 Å². The molecule has 0 saturated carbocycles. The third kappa shape index (κ3) is 6.01. The van der Waals surface area contributed by atoms with Crippen molar-refractivity contribution in [1.29, 1.82) is 5.26 Å². The monoisotopic (exact) mass is 505 g/mol. The van der Waals surface area contributed by atoms with Gasteiger partial charge in [-0.05, 0) is 83.0 Å². The van der Waals surface area contributed by atoms with Crippen LogP contribution in [0.5, 0.6) is 5.75 Å². The molecule has 36 heavy (non-hydrogen) atoms. The van der Waals surface area contributed by atoms with Crippen LogP contribution in [0.25, 0.3) is 11.1 Å². The van der Waals surface area contributed by atoms with E-state index >= 15 is 0 Å². The van der Waals surface area contributed by atoms with Crippen LogP contribution in [0.4, 0.5) is 26.3 Å². The van der Waals surface area contributed by atoms with E-state index in [1.54, 1.807) is 19.1 Å². The van der Waals surface area contributed by atoms with E-state index in [0.29, 0.717) is 22.4 Å². The van der Waals surface area contributed by atoms with Gasteiger partial charge in [-0.2, -0.15) is 31.6 Å². The van der Waals surface area contributed by atoms with Crippen molar-refractivity contribution in [3.63, 3.8) is 0 Å². The van der Waals surface area contributed by atoms with Crippen LogP contribution in [0.3, 0.4) is 0 Å². The second-order valence-corrected chi connectivity index (χ2v) is 9.05. The van der Waals surface area contributed by atoms with Gasteiger partial charge in [0.1, 0.15) is 5.75 Å². The Balaban J connectivity index is 2.18. The molecule has 0 aromatic heterocycles. The third-order valence-corrected chi connectivity index (χ3v) is 6.08. The quantitative estimate of drug-likeness (QED) is 0.314. The summed E-state index contributed by atoms with van der Waals surface area (Å²) in [7, 11) is 1.47. The molecule has 1 unspecified atom stereocenters. The lowest BCUT2D eigenvalue weighted by atomic mass is 9.85. The molecule has 0 heterocycles. The van der Waals surface area contributed by atoms with Gasteiger partial charge in [-0.1, -0.05) is 32.9 Å². The molecule has 0 fully saturated rings. The maximum atomic E-state index is 13.6. The number of nitrogens with zero attached hydrogens (tertiary/aromatic N) is 1. The van der Waals surface area contributed by atoms with Gasteiger partial charge in [-0.25, -0.2) is 0 Å². The lowest BCUT2D eigenvalue weighted by molar-refractivity contribution is -0.138. The summed E-state index contributed by atoms with van der Waals surface area (Å²) in [6, 6.07) is 13.7. The molecule has 0 saturated heterocycles. The van der Waals surface area contributed by atoms with Crippen LogP contribution in [-0.4, -0.2) is 7.11 Å². The van der Waals surface area contributed by atoms with E-state index in [2.05, 4.69) is 0 Å². The molecule has 8 heteroatoms. The van der Waals surface area contributed by atoms with E-state index < -0.39 is 29.4 Å². The predicted octanol–water partition coefficient (Wildman–Crippen LogP) is 8.74. The van der Waals surface area contributed by atoms with Crippen molar-refractivity contribution in [3.05, 3.63) is 88.0 Å². The first-order valence-electron chi connectivity index (χ1n) is 11.2. The largest absolute Gasteiger partial charge is 0.496 e. The van der Waals surface area contributed by atoms with E-state index in [4.69, 9.17) is 4.74 Å². The first kappa shape index (κ1) is 27.1. The minimum atomic E-state index is -4.66. The molecular weight excluding hydrogens is 480 g/mol. The zero-order chi connectivity index (χ0) is 26.8. The highest BCUT2D eigenvalue weighted by Gasteiger charge is 2.33. The summed E-state index contributed by atoms with van der Waals surface area (Å²) in [6.45, 7) is 5.63. The van der Waals surface area contributed by atoms with Crippen molar-refractivity contribution in [2.24, 2.45) is 0 Å². The Bertz CT molecular complexity index is 1280. The second-order valence-electron chi connectivity index (χ2n) is 9.05. The fraction of sp³-hybridized carbons (Fsp3) is 0.321. The molecular formula is C28H25F6NO. The maximum absolute atomic E-state index is 13.6. The molecule has 1 atom stereocenters. The fourth-order valence-corrected chi connectivity index (χ4v) is 4.19. The van der Waals surface area contributed by atoms with Crippen LogP contribution in [0.15, 0.2) is 54.6 Å². The standard InChI is InChI=1S/C28H25F6NO/c1-16(2)20-5-8-26(36-4)25(13-20)23-7-6-21(27(29,30)31)14-24(23)17(3)9-18-10-19(15-35)12-22(11-18)28(32,33)34/h5-8,10-14,16-17H,9H2,1-4H3. The molecule has 3 aromatic carbocycles. The van der Waals surface area contributed by atoms with Gasteiger partial charge in [0.05, 0.1) is 29.9 Å². The lowest BCUT2D eigenvalue weighted by Gasteiger charge is -2.22. The molecule has 0 N–H and O–H groups in total. The van der Waals surface area contributed by atoms with Gasteiger partial charge in [0.15, 0.2) is 0 Å². The first-order chi connectivity index (χ1) is 16.7. The molecule has 2 nitrogen and oxygen atoms in total. The van der Waals surface area contributed by atoms with Crippen molar-refractivity contribution in [3.8, 4) is 22.9 Å². The number of halogens is 6. The van der Waals surface area contributed by atoms with Gasteiger partial charge in [0.25, 0.3) is 0 Å². The molecule has 0 aliphatic heterocycles. The number of rotatable bonds is 6. The van der Waals surface area contributed by atoms with Crippen molar-refractivity contribution in [1.82, 2.24) is 0 Å². The summed E-state index contributed by atoms with van der Waals surface area (Å²) in [6.07, 6.45) is -9.25. The maximum Gasteiger partial charge on any atom is 0.416 e. The predicted molar refractivity (Wildman–Crippen MR) is 126 cm³/mol. The highest BCUT2D eigenvalue weighted by atomic mass is 19.4. The van der Waals surface area contributed by atoms with Gasteiger partial charge >= 0.3 is 12.4 Å². The Hall–Kier alpha value is -3.47. The summed E-state index contributed by atoms with van der Waals surface area (Å²) in [5.41, 5.74) is 0.597. The average molecular weight is 506 g/mol. The summed E-state index contributed by atoms with van der Waals surface area (Å²) in [5.74, 6) is 0.0164. The van der Waals surface area contributed by atoms with Crippen LogP contribution in [0.2, 0.25) is 0 Å². The van der Waals surface area contributed by atoms with Crippen LogP contribution >= 0.6 is 0 Å². The molecule has 0 bridgehead atoms. The molecule has 0 spiro atoms. The zero-order valence-electron chi connectivity index (χ0n) is 20.2. The summed E-state index contributed by atoms with van der Waals surface area (Å²) in [4.78, 5) is 0. The molecule has 3 aromatic rings. The zero-order valence-corrected chi connectivity index (χ0v) is 20.2. The number of alkyl halides is 6. The summed E-state index contributed by atoms with van der Waals surface area (Å²) >= 11 is 0.